The lowest BCUT2D eigenvalue weighted by Gasteiger charge is -2.20. The predicted octanol–water partition coefficient (Wildman–Crippen LogP) is 5.21. The molecule has 3 aromatic rings. The number of hydrogen-bond donors (Lipinski definition) is 2. The highest BCUT2D eigenvalue weighted by atomic mass is 35.5. The molecule has 1 heterocycles. The molecule has 0 atom stereocenters. The second-order valence-electron chi connectivity index (χ2n) is 8.90. The molecular formula is C26H33Cl2N7O3. The Morgan fingerprint density at radius 2 is 1.63 bits per heavy atom. The number of halogens is 2. The Bertz CT molecular complexity index is 1230. The number of likely N-dealkylation sites (N-methyl/N-ethyl adjacent to an activating group) is 2. The zero-order valence-corrected chi connectivity index (χ0v) is 23.9. The van der Waals surface area contributed by atoms with Gasteiger partial charge in [0.25, 0.3) is 0 Å². The van der Waals surface area contributed by atoms with Crippen molar-refractivity contribution in [3.8, 4) is 11.5 Å². The number of benzene rings is 2. The van der Waals surface area contributed by atoms with E-state index in [9.17, 15) is 4.79 Å². The standard InChI is InChI=1S/C26H33Cl2N7O3/c1-33(2)10-11-34(3)15-17-8-7-9-18(12-17)31-21-14-22(30-16-29-21)35(4)26(36)32-25-23(27)19(37-5)13-20(38-6)24(25)28/h7-9,12-14,16H,10-11,15H2,1-6H3,(H,32,36)(H,29,30,31). The van der Waals surface area contributed by atoms with Crippen LogP contribution in [0, 0.1) is 0 Å². The molecule has 0 unspecified atom stereocenters. The van der Waals surface area contributed by atoms with Crippen LogP contribution in [0.1, 0.15) is 5.56 Å². The number of aromatic nitrogens is 2. The van der Waals surface area contributed by atoms with Gasteiger partial charge in [0.15, 0.2) is 0 Å². The van der Waals surface area contributed by atoms with Crippen molar-refractivity contribution < 1.29 is 14.3 Å². The Labute approximate surface area is 233 Å². The van der Waals surface area contributed by atoms with E-state index in [0.717, 1.165) is 25.3 Å². The molecule has 38 heavy (non-hydrogen) atoms. The van der Waals surface area contributed by atoms with Gasteiger partial charge in [0.2, 0.25) is 0 Å². The minimum Gasteiger partial charge on any atom is -0.495 e. The summed E-state index contributed by atoms with van der Waals surface area (Å²) >= 11 is 12.8. The first-order valence-corrected chi connectivity index (χ1v) is 12.5. The lowest BCUT2D eigenvalue weighted by molar-refractivity contribution is 0.258. The Morgan fingerprint density at radius 1 is 0.947 bits per heavy atom. The van der Waals surface area contributed by atoms with Crippen LogP contribution in [0.5, 0.6) is 11.5 Å². The molecule has 0 saturated heterocycles. The van der Waals surface area contributed by atoms with Crippen LogP contribution in [-0.4, -0.2) is 81.3 Å². The van der Waals surface area contributed by atoms with E-state index in [1.807, 2.05) is 12.1 Å². The Morgan fingerprint density at radius 3 is 2.26 bits per heavy atom. The van der Waals surface area contributed by atoms with E-state index in [1.54, 1.807) is 19.2 Å². The van der Waals surface area contributed by atoms with Gasteiger partial charge in [-0.25, -0.2) is 14.8 Å². The van der Waals surface area contributed by atoms with Crippen molar-refractivity contribution in [1.82, 2.24) is 19.8 Å². The molecule has 3 rings (SSSR count). The number of anilines is 4. The quantitative estimate of drug-likeness (QED) is 0.329. The first kappa shape index (κ1) is 29.2. The summed E-state index contributed by atoms with van der Waals surface area (Å²) in [5, 5.41) is 6.30. The van der Waals surface area contributed by atoms with Crippen molar-refractivity contribution in [3.05, 3.63) is 58.3 Å². The lowest BCUT2D eigenvalue weighted by atomic mass is 10.2. The minimum absolute atomic E-state index is 0.150. The number of carbonyl (C=O) groups is 1. The number of nitrogens with zero attached hydrogens (tertiary/aromatic N) is 5. The maximum atomic E-state index is 13.1. The number of rotatable bonds is 11. The topological polar surface area (TPSA) is 95.1 Å². The highest BCUT2D eigenvalue weighted by Crippen LogP contribution is 2.44. The first-order chi connectivity index (χ1) is 18.1. The average molecular weight is 563 g/mol. The highest BCUT2D eigenvalue weighted by Gasteiger charge is 2.21. The summed E-state index contributed by atoms with van der Waals surface area (Å²) in [7, 11) is 10.7. The zero-order chi connectivity index (χ0) is 27.8. The van der Waals surface area contributed by atoms with E-state index in [4.69, 9.17) is 32.7 Å². The summed E-state index contributed by atoms with van der Waals surface area (Å²) in [5.41, 5.74) is 2.22. The lowest BCUT2D eigenvalue weighted by Crippen LogP contribution is -2.32. The van der Waals surface area contributed by atoms with E-state index in [-0.39, 0.29) is 15.7 Å². The molecule has 0 aliphatic heterocycles. The van der Waals surface area contributed by atoms with Gasteiger partial charge < -0.3 is 29.9 Å². The Hall–Kier alpha value is -3.31. The SMILES string of the molecule is COc1cc(OC)c(Cl)c(NC(=O)N(C)c2cc(Nc3cccc(CN(C)CCN(C)C)c3)ncn2)c1Cl. The molecule has 0 saturated carbocycles. The fourth-order valence-electron chi connectivity index (χ4n) is 3.55. The van der Waals surface area contributed by atoms with E-state index >= 15 is 0 Å². The first-order valence-electron chi connectivity index (χ1n) is 11.8. The summed E-state index contributed by atoms with van der Waals surface area (Å²) < 4.78 is 10.5. The van der Waals surface area contributed by atoms with Crippen LogP contribution < -0.4 is 25.0 Å². The normalized spacial score (nSPS) is 11.0. The fraction of sp³-hybridized carbons (Fsp3) is 0.346. The van der Waals surface area contributed by atoms with Gasteiger partial charge in [-0.2, -0.15) is 0 Å². The van der Waals surface area contributed by atoms with Gasteiger partial charge in [-0.1, -0.05) is 35.3 Å². The van der Waals surface area contributed by atoms with Gasteiger partial charge in [0.1, 0.15) is 39.5 Å². The van der Waals surface area contributed by atoms with Gasteiger partial charge in [-0.15, -0.1) is 0 Å². The van der Waals surface area contributed by atoms with Crippen molar-refractivity contribution in [3.63, 3.8) is 0 Å². The molecule has 10 nitrogen and oxygen atoms in total. The van der Waals surface area contributed by atoms with Crippen LogP contribution in [0.4, 0.5) is 27.8 Å². The molecular weight excluding hydrogens is 529 g/mol. The number of carbonyl (C=O) groups excluding carboxylic acids is 1. The number of ether oxygens (including phenoxy) is 2. The van der Waals surface area contributed by atoms with Crippen LogP contribution >= 0.6 is 23.2 Å². The van der Waals surface area contributed by atoms with Crippen LogP contribution in [0.15, 0.2) is 42.7 Å². The molecule has 0 bridgehead atoms. The molecule has 0 aliphatic rings. The van der Waals surface area contributed by atoms with E-state index in [0.29, 0.717) is 23.1 Å². The van der Waals surface area contributed by atoms with Crippen LogP contribution in [0.25, 0.3) is 0 Å². The largest absolute Gasteiger partial charge is 0.495 e. The maximum absolute atomic E-state index is 13.1. The van der Waals surface area contributed by atoms with Crippen molar-refractivity contribution in [2.75, 3.05) is 71.0 Å². The van der Waals surface area contributed by atoms with Crippen molar-refractivity contribution in [2.45, 2.75) is 6.54 Å². The number of methoxy groups -OCH3 is 2. The molecule has 0 aliphatic carbocycles. The molecule has 2 amide bonds. The third kappa shape index (κ3) is 7.61. The zero-order valence-electron chi connectivity index (χ0n) is 22.4. The Kier molecular flexibility index (Phi) is 10.4. The number of urea groups is 1. The van der Waals surface area contributed by atoms with Crippen LogP contribution in [0.2, 0.25) is 10.0 Å². The summed E-state index contributed by atoms with van der Waals surface area (Å²) in [5.74, 6) is 1.52. The van der Waals surface area contributed by atoms with Crippen molar-refractivity contribution >= 4 is 52.2 Å². The maximum Gasteiger partial charge on any atom is 0.327 e. The highest BCUT2D eigenvalue weighted by molar-refractivity contribution is 6.41. The van der Waals surface area contributed by atoms with E-state index in [2.05, 4.69) is 63.7 Å². The summed E-state index contributed by atoms with van der Waals surface area (Å²) in [6.07, 6.45) is 1.38. The monoisotopic (exact) mass is 561 g/mol. The predicted molar refractivity (Wildman–Crippen MR) is 154 cm³/mol. The number of hydrogen-bond acceptors (Lipinski definition) is 8. The van der Waals surface area contributed by atoms with E-state index < -0.39 is 6.03 Å². The molecule has 2 N–H and O–H groups in total. The fourth-order valence-corrected chi connectivity index (χ4v) is 4.14. The number of amides is 2. The number of nitrogens with one attached hydrogen (secondary N) is 2. The van der Waals surface area contributed by atoms with Crippen LogP contribution in [0.3, 0.4) is 0 Å². The second kappa shape index (κ2) is 13.5. The molecule has 0 fully saturated rings. The van der Waals surface area contributed by atoms with Crippen LogP contribution in [-0.2, 0) is 6.54 Å². The van der Waals surface area contributed by atoms with Gasteiger partial charge in [0.05, 0.1) is 19.9 Å². The molecule has 0 spiro atoms. The van der Waals surface area contributed by atoms with Crippen molar-refractivity contribution in [1.29, 1.82) is 0 Å². The third-order valence-electron chi connectivity index (χ3n) is 5.69. The summed E-state index contributed by atoms with van der Waals surface area (Å²) in [6.45, 7) is 2.78. The smallest absolute Gasteiger partial charge is 0.327 e. The van der Waals surface area contributed by atoms with Gasteiger partial charge in [-0.05, 0) is 38.8 Å². The third-order valence-corrected chi connectivity index (χ3v) is 6.44. The molecule has 0 radical (unpaired) electrons. The Balaban J connectivity index is 1.72. The average Bonchev–Trinajstić information content (AvgIpc) is 2.90. The van der Waals surface area contributed by atoms with Crippen molar-refractivity contribution in [2.24, 2.45) is 0 Å². The van der Waals surface area contributed by atoms with E-state index in [1.165, 1.54) is 31.0 Å². The summed E-state index contributed by atoms with van der Waals surface area (Å²) in [4.78, 5) is 27.3. The van der Waals surface area contributed by atoms with Gasteiger partial charge in [0, 0.05) is 44.5 Å². The molecule has 1 aromatic heterocycles. The van der Waals surface area contributed by atoms with Gasteiger partial charge in [-0.3, -0.25) is 4.90 Å². The summed E-state index contributed by atoms with van der Waals surface area (Å²) in [6, 6.07) is 10.8. The van der Waals surface area contributed by atoms with Gasteiger partial charge >= 0.3 is 6.03 Å². The minimum atomic E-state index is -0.517. The second-order valence-corrected chi connectivity index (χ2v) is 9.66. The molecule has 204 valence electrons. The molecule has 12 heteroatoms. The molecule has 2 aromatic carbocycles.